The highest BCUT2D eigenvalue weighted by Gasteiger charge is 2.29. The lowest BCUT2D eigenvalue weighted by Gasteiger charge is -2.18. The molecule has 1 atom stereocenters. The SMILES string of the molecule is COC(=O)c1c(NC(=O)C(Sc2cccc(NC(=O)c3ccc(C)cc3)c2)c2ccccc2)sc2c1CCCCC2. The van der Waals surface area contributed by atoms with E-state index in [0.717, 1.165) is 58.6 Å². The van der Waals surface area contributed by atoms with Gasteiger partial charge in [0.15, 0.2) is 0 Å². The van der Waals surface area contributed by atoms with Crippen molar-refractivity contribution >= 4 is 51.6 Å². The number of thiophene rings is 1. The minimum absolute atomic E-state index is 0.197. The van der Waals surface area contributed by atoms with Gasteiger partial charge in [0.1, 0.15) is 10.3 Å². The zero-order valence-corrected chi connectivity index (χ0v) is 24.7. The molecule has 1 aliphatic carbocycles. The number of rotatable bonds is 8. The summed E-state index contributed by atoms with van der Waals surface area (Å²) < 4.78 is 5.12. The first-order valence-corrected chi connectivity index (χ1v) is 15.4. The molecule has 1 unspecified atom stereocenters. The van der Waals surface area contributed by atoms with E-state index >= 15 is 0 Å². The minimum atomic E-state index is -0.591. The molecule has 0 saturated carbocycles. The van der Waals surface area contributed by atoms with E-state index in [1.165, 1.54) is 30.2 Å². The molecule has 0 spiro atoms. The van der Waals surface area contributed by atoms with Crippen molar-refractivity contribution in [2.75, 3.05) is 17.7 Å². The summed E-state index contributed by atoms with van der Waals surface area (Å²) in [7, 11) is 1.38. The predicted octanol–water partition coefficient (Wildman–Crippen LogP) is 7.84. The smallest absolute Gasteiger partial charge is 0.341 e. The molecule has 0 aliphatic heterocycles. The standard InChI is InChI=1S/C33H32N2O4S2/c1-21-16-18-23(19-17-21)30(36)34-24-12-9-13-25(20-24)40-29(22-10-5-3-6-11-22)31(37)35-32-28(33(38)39-2)26-14-7-4-8-15-27(26)41-32/h3,5-6,9-13,16-20,29H,4,7-8,14-15H2,1-2H3,(H,34,36)(H,35,37). The van der Waals surface area contributed by atoms with Crippen molar-refractivity contribution in [1.82, 2.24) is 0 Å². The summed E-state index contributed by atoms with van der Waals surface area (Å²) in [5, 5.41) is 6.00. The highest BCUT2D eigenvalue weighted by Crippen LogP contribution is 2.41. The minimum Gasteiger partial charge on any atom is -0.465 e. The fraction of sp³-hybridized carbons (Fsp3) is 0.242. The second kappa shape index (κ2) is 13.2. The van der Waals surface area contributed by atoms with Gasteiger partial charge in [0.25, 0.3) is 5.91 Å². The highest BCUT2D eigenvalue weighted by molar-refractivity contribution is 8.00. The third-order valence-electron chi connectivity index (χ3n) is 7.05. The van der Waals surface area contributed by atoms with E-state index in [2.05, 4.69) is 10.6 Å². The van der Waals surface area contributed by atoms with Crippen LogP contribution in [-0.2, 0) is 22.4 Å². The van der Waals surface area contributed by atoms with Crippen LogP contribution in [0.5, 0.6) is 0 Å². The van der Waals surface area contributed by atoms with Gasteiger partial charge in [0, 0.05) is 21.0 Å². The lowest BCUT2D eigenvalue weighted by molar-refractivity contribution is -0.115. The van der Waals surface area contributed by atoms with Gasteiger partial charge in [-0.1, -0.05) is 60.5 Å². The zero-order valence-electron chi connectivity index (χ0n) is 23.1. The number of thioether (sulfide) groups is 1. The normalized spacial score (nSPS) is 13.4. The first-order valence-electron chi connectivity index (χ1n) is 13.7. The van der Waals surface area contributed by atoms with Gasteiger partial charge >= 0.3 is 5.97 Å². The molecule has 4 aromatic rings. The number of carbonyl (C=O) groups is 3. The predicted molar refractivity (Wildman–Crippen MR) is 166 cm³/mol. The maximum absolute atomic E-state index is 13.9. The molecule has 0 fully saturated rings. The number of carbonyl (C=O) groups excluding carboxylic acids is 3. The van der Waals surface area contributed by atoms with Crippen molar-refractivity contribution in [2.45, 2.75) is 49.2 Å². The van der Waals surface area contributed by atoms with Crippen LogP contribution in [0.15, 0.2) is 83.8 Å². The summed E-state index contributed by atoms with van der Waals surface area (Å²) >= 11 is 2.88. The van der Waals surface area contributed by atoms with Crippen LogP contribution in [0.2, 0.25) is 0 Å². The first-order chi connectivity index (χ1) is 19.9. The number of anilines is 2. The van der Waals surface area contributed by atoms with Gasteiger partial charge in [-0.25, -0.2) is 4.79 Å². The van der Waals surface area contributed by atoms with Crippen LogP contribution in [0.25, 0.3) is 0 Å². The Morgan fingerprint density at radius 3 is 2.39 bits per heavy atom. The van der Waals surface area contributed by atoms with E-state index in [1.807, 2.05) is 73.7 Å². The number of amides is 2. The Morgan fingerprint density at radius 1 is 0.878 bits per heavy atom. The fourth-order valence-corrected chi connectivity index (χ4v) is 7.28. The Morgan fingerprint density at radius 2 is 1.63 bits per heavy atom. The topological polar surface area (TPSA) is 84.5 Å². The Bertz CT molecular complexity index is 1550. The Balaban J connectivity index is 1.40. The number of esters is 1. The highest BCUT2D eigenvalue weighted by atomic mass is 32.2. The molecule has 2 amide bonds. The van der Waals surface area contributed by atoms with Crippen LogP contribution in [0.3, 0.4) is 0 Å². The summed E-state index contributed by atoms with van der Waals surface area (Å²) in [4.78, 5) is 41.5. The maximum atomic E-state index is 13.9. The van der Waals surface area contributed by atoms with Crippen molar-refractivity contribution in [3.63, 3.8) is 0 Å². The number of aryl methyl sites for hydroxylation is 2. The lowest BCUT2D eigenvalue weighted by Crippen LogP contribution is -2.20. The molecular formula is C33H32N2O4S2. The Labute approximate surface area is 248 Å². The number of methoxy groups -OCH3 is 1. The van der Waals surface area contributed by atoms with Crippen molar-refractivity contribution in [3.8, 4) is 0 Å². The van der Waals surface area contributed by atoms with E-state index in [-0.39, 0.29) is 11.8 Å². The second-order valence-corrected chi connectivity index (χ2v) is 12.3. The number of hydrogen-bond donors (Lipinski definition) is 2. The van der Waals surface area contributed by atoms with Crippen LogP contribution in [0.4, 0.5) is 10.7 Å². The molecule has 5 rings (SSSR count). The first kappa shape index (κ1) is 28.6. The van der Waals surface area contributed by atoms with Crippen LogP contribution in [0, 0.1) is 6.92 Å². The number of benzene rings is 3. The van der Waals surface area contributed by atoms with Gasteiger partial charge in [0.05, 0.1) is 12.7 Å². The van der Waals surface area contributed by atoms with E-state index < -0.39 is 11.2 Å². The van der Waals surface area contributed by atoms with Crippen LogP contribution in [0.1, 0.15) is 66.8 Å². The summed E-state index contributed by atoms with van der Waals surface area (Å²) in [5.74, 6) is -0.838. The van der Waals surface area contributed by atoms with Crippen molar-refractivity contribution in [1.29, 1.82) is 0 Å². The van der Waals surface area contributed by atoms with Crippen LogP contribution in [-0.4, -0.2) is 24.9 Å². The van der Waals surface area contributed by atoms with Gasteiger partial charge in [-0.2, -0.15) is 0 Å². The van der Waals surface area contributed by atoms with Gasteiger partial charge in [-0.15, -0.1) is 23.1 Å². The molecule has 0 saturated heterocycles. The van der Waals surface area contributed by atoms with E-state index in [4.69, 9.17) is 4.74 Å². The molecule has 41 heavy (non-hydrogen) atoms. The molecule has 0 radical (unpaired) electrons. The molecule has 1 aliphatic rings. The lowest BCUT2D eigenvalue weighted by atomic mass is 10.1. The van der Waals surface area contributed by atoms with E-state index in [9.17, 15) is 14.4 Å². The molecule has 0 bridgehead atoms. The molecule has 6 nitrogen and oxygen atoms in total. The van der Waals surface area contributed by atoms with Crippen molar-refractivity contribution in [3.05, 3.63) is 112 Å². The summed E-state index contributed by atoms with van der Waals surface area (Å²) in [6, 6.07) is 24.4. The number of hydrogen-bond acceptors (Lipinski definition) is 6. The number of ether oxygens (including phenoxy) is 1. The van der Waals surface area contributed by atoms with Gasteiger partial charge in [-0.05, 0) is 74.1 Å². The maximum Gasteiger partial charge on any atom is 0.341 e. The third-order valence-corrected chi connectivity index (χ3v) is 9.50. The molecule has 1 aromatic heterocycles. The third kappa shape index (κ3) is 6.89. The van der Waals surface area contributed by atoms with Crippen molar-refractivity contribution < 1.29 is 19.1 Å². The molecular weight excluding hydrogens is 553 g/mol. The average molecular weight is 585 g/mol. The molecule has 2 N–H and O–H groups in total. The summed E-state index contributed by atoms with van der Waals surface area (Å²) in [6.45, 7) is 1.98. The molecule has 8 heteroatoms. The largest absolute Gasteiger partial charge is 0.465 e. The van der Waals surface area contributed by atoms with Crippen molar-refractivity contribution in [2.24, 2.45) is 0 Å². The summed E-state index contributed by atoms with van der Waals surface area (Å²) in [5.41, 5.74) is 4.63. The van der Waals surface area contributed by atoms with E-state index in [0.29, 0.717) is 21.8 Å². The molecule has 1 heterocycles. The van der Waals surface area contributed by atoms with Gasteiger partial charge < -0.3 is 15.4 Å². The zero-order chi connectivity index (χ0) is 28.8. The molecule has 3 aromatic carbocycles. The fourth-order valence-electron chi connectivity index (χ4n) is 4.92. The van der Waals surface area contributed by atoms with Crippen LogP contribution >= 0.6 is 23.1 Å². The molecule has 210 valence electrons. The quantitative estimate of drug-likeness (QED) is 0.125. The summed E-state index contributed by atoms with van der Waals surface area (Å²) in [6.07, 6.45) is 4.92. The van der Waals surface area contributed by atoms with Gasteiger partial charge in [-0.3, -0.25) is 9.59 Å². The number of fused-ring (bicyclic) bond motifs is 1. The Hall–Kier alpha value is -3.88. The monoisotopic (exact) mass is 584 g/mol. The van der Waals surface area contributed by atoms with Gasteiger partial charge in [0.2, 0.25) is 5.91 Å². The second-order valence-electron chi connectivity index (χ2n) is 10.0. The van der Waals surface area contributed by atoms with Crippen LogP contribution < -0.4 is 10.6 Å². The Kier molecular flexibility index (Phi) is 9.21. The van der Waals surface area contributed by atoms with E-state index in [1.54, 1.807) is 12.1 Å². The average Bonchev–Trinajstić information content (AvgIpc) is 3.15. The number of nitrogens with one attached hydrogen (secondary N) is 2.